The Hall–Kier alpha value is -2.58. The minimum Gasteiger partial charge on any atom is -0.481 e. The second-order valence-corrected chi connectivity index (χ2v) is 19.1. The van der Waals surface area contributed by atoms with Crippen molar-refractivity contribution < 1.29 is 14.3 Å². The van der Waals surface area contributed by atoms with Gasteiger partial charge in [-0.3, -0.25) is 14.8 Å². The Morgan fingerprint density at radius 1 is 1.04 bits per heavy atom. The highest BCUT2D eigenvalue weighted by atomic mass is 16.4. The van der Waals surface area contributed by atoms with Gasteiger partial charge in [0.2, 0.25) is 0 Å². The molecule has 7 unspecified atom stereocenters. The molecule has 1 aliphatic heterocycles. The van der Waals surface area contributed by atoms with Crippen LogP contribution in [0, 0.1) is 44.8 Å². The number of fused-ring (bicyclic) bond motifs is 8. The first-order chi connectivity index (χ1) is 22.6. The third kappa shape index (κ3) is 4.32. The molecule has 4 fully saturated rings. The minimum absolute atomic E-state index is 0.0157. The zero-order valence-corrected chi connectivity index (χ0v) is 30.5. The second-order valence-electron chi connectivity index (χ2n) is 19.1. The summed E-state index contributed by atoms with van der Waals surface area (Å²) in [6, 6.07) is 2.32. The zero-order chi connectivity index (χ0) is 34.1. The Bertz CT molecular complexity index is 1660. The minimum atomic E-state index is -0.694. The van der Waals surface area contributed by atoms with Gasteiger partial charge in [0, 0.05) is 42.7 Å². The van der Waals surface area contributed by atoms with Crippen LogP contribution in [0.3, 0.4) is 0 Å². The number of H-pyrrole nitrogens is 1. The molecule has 7 atom stereocenters. The SMILES string of the molecule is CC1(C)CCC2(C(=O)O)CCC3(C)C(=C(c4coc(CN5CCNCC5)c4)CC4C5(C)Cc6c(n[nH]c6N)C(C)(C)C5CCC43C)C2C1. The fourth-order valence-electron chi connectivity index (χ4n) is 13.2. The number of nitrogens with one attached hydrogen (secondary N) is 2. The van der Waals surface area contributed by atoms with E-state index in [1.807, 2.05) is 6.26 Å². The fourth-order valence-corrected chi connectivity index (χ4v) is 13.2. The van der Waals surface area contributed by atoms with Gasteiger partial charge >= 0.3 is 5.97 Å². The van der Waals surface area contributed by atoms with Crippen LogP contribution in [0.2, 0.25) is 0 Å². The number of nitrogen functional groups attached to an aromatic ring is 1. The standard InChI is InChI=1S/C40H59N5O3/c1-35(2)10-12-40(34(46)47)13-11-39(7)31(28(40)21-35)26(24-18-25(48-23-24)22-45-16-14-42-15-17-45)19-30-37(5)20-27-32(43-44-33(27)41)36(3,4)29(37)8-9-38(30,39)6/h18,23,28-30,42H,8-17,19-22H2,1-7H3,(H,46,47)(H3,41,43,44). The molecule has 3 heterocycles. The highest BCUT2D eigenvalue weighted by Gasteiger charge is 2.70. The topological polar surface area (TPSA) is 120 Å². The van der Waals surface area contributed by atoms with Crippen molar-refractivity contribution in [1.82, 2.24) is 20.4 Å². The first-order valence-corrected chi connectivity index (χ1v) is 18.9. The van der Waals surface area contributed by atoms with Gasteiger partial charge in [-0.2, -0.15) is 5.10 Å². The molecule has 2 aromatic rings. The van der Waals surface area contributed by atoms with Crippen LogP contribution in [0.15, 0.2) is 22.3 Å². The molecule has 2 aromatic heterocycles. The smallest absolute Gasteiger partial charge is 0.310 e. The first-order valence-electron chi connectivity index (χ1n) is 18.9. The Morgan fingerprint density at radius 3 is 2.50 bits per heavy atom. The molecule has 5 aliphatic carbocycles. The summed E-state index contributed by atoms with van der Waals surface area (Å²) in [7, 11) is 0. The summed E-state index contributed by atoms with van der Waals surface area (Å²) >= 11 is 0. The van der Waals surface area contributed by atoms with Gasteiger partial charge in [-0.1, -0.05) is 54.0 Å². The maximum Gasteiger partial charge on any atom is 0.310 e. The molecule has 0 bridgehead atoms. The lowest BCUT2D eigenvalue weighted by molar-refractivity contribution is -0.175. The Morgan fingerprint density at radius 2 is 1.77 bits per heavy atom. The number of carboxylic acids is 1. The van der Waals surface area contributed by atoms with Crippen LogP contribution in [0.1, 0.15) is 122 Å². The molecule has 5 N–H and O–H groups in total. The largest absolute Gasteiger partial charge is 0.481 e. The lowest BCUT2D eigenvalue weighted by Crippen LogP contribution is -2.65. The van der Waals surface area contributed by atoms with Crippen LogP contribution in [-0.2, 0) is 23.2 Å². The molecule has 8 rings (SSSR count). The van der Waals surface area contributed by atoms with Crippen molar-refractivity contribution in [3.8, 4) is 0 Å². The van der Waals surface area contributed by atoms with E-state index in [-0.39, 0.29) is 33.0 Å². The van der Waals surface area contributed by atoms with E-state index in [9.17, 15) is 9.90 Å². The van der Waals surface area contributed by atoms with Crippen molar-refractivity contribution in [2.24, 2.45) is 44.8 Å². The third-order valence-electron chi connectivity index (χ3n) is 15.9. The van der Waals surface area contributed by atoms with Crippen molar-refractivity contribution >= 4 is 17.4 Å². The fraction of sp³-hybridized carbons (Fsp3) is 0.750. The third-order valence-corrected chi connectivity index (χ3v) is 15.9. The van der Waals surface area contributed by atoms with Gasteiger partial charge < -0.3 is 20.6 Å². The maximum atomic E-state index is 13.5. The quantitative estimate of drug-likeness (QED) is 0.270. The molecule has 8 nitrogen and oxygen atoms in total. The van der Waals surface area contributed by atoms with Crippen LogP contribution >= 0.6 is 0 Å². The van der Waals surface area contributed by atoms with Crippen molar-refractivity contribution in [3.63, 3.8) is 0 Å². The predicted molar refractivity (Wildman–Crippen MR) is 189 cm³/mol. The monoisotopic (exact) mass is 657 g/mol. The summed E-state index contributed by atoms with van der Waals surface area (Å²) in [5.41, 5.74) is 12.3. The van der Waals surface area contributed by atoms with Crippen LogP contribution in [0.5, 0.6) is 0 Å². The van der Waals surface area contributed by atoms with E-state index in [2.05, 4.69) is 69.8 Å². The predicted octanol–water partition coefficient (Wildman–Crippen LogP) is 7.42. The number of carboxylic acid groups (broad SMARTS) is 1. The van der Waals surface area contributed by atoms with E-state index < -0.39 is 11.4 Å². The van der Waals surface area contributed by atoms with Crippen molar-refractivity contribution in [2.45, 2.75) is 118 Å². The molecule has 262 valence electrons. The molecule has 0 aromatic carbocycles. The van der Waals surface area contributed by atoms with E-state index >= 15 is 0 Å². The Balaban J connectivity index is 1.31. The van der Waals surface area contributed by atoms with E-state index in [0.29, 0.717) is 11.8 Å². The Kier molecular flexibility index (Phi) is 7.12. The summed E-state index contributed by atoms with van der Waals surface area (Å²) in [5, 5.41) is 22.5. The molecule has 0 radical (unpaired) electrons. The summed E-state index contributed by atoms with van der Waals surface area (Å²) in [6.45, 7) is 22.1. The second kappa shape index (κ2) is 10.5. The molecule has 6 aliphatic rings. The number of allylic oxidation sites excluding steroid dienone is 2. The number of hydrogen-bond donors (Lipinski definition) is 4. The molecule has 0 amide bonds. The molecule has 8 heteroatoms. The van der Waals surface area contributed by atoms with Crippen molar-refractivity contribution in [1.29, 1.82) is 0 Å². The van der Waals surface area contributed by atoms with Gasteiger partial charge in [-0.05, 0) is 109 Å². The summed E-state index contributed by atoms with van der Waals surface area (Å²) in [4.78, 5) is 16.0. The van der Waals surface area contributed by atoms with Crippen LogP contribution < -0.4 is 11.1 Å². The lowest BCUT2D eigenvalue weighted by Gasteiger charge is -2.71. The normalized spacial score (nSPS) is 40.3. The number of piperazine rings is 1. The molecular formula is C40H59N5O3. The van der Waals surface area contributed by atoms with E-state index in [1.54, 1.807) is 0 Å². The van der Waals surface area contributed by atoms with E-state index in [1.165, 1.54) is 22.3 Å². The molecule has 1 saturated heterocycles. The van der Waals surface area contributed by atoms with Gasteiger partial charge in [0.1, 0.15) is 11.6 Å². The Labute approximate surface area is 287 Å². The number of rotatable bonds is 4. The average molecular weight is 658 g/mol. The van der Waals surface area contributed by atoms with Crippen molar-refractivity contribution in [3.05, 3.63) is 40.5 Å². The maximum absolute atomic E-state index is 13.5. The van der Waals surface area contributed by atoms with Gasteiger partial charge in [0.25, 0.3) is 0 Å². The van der Waals surface area contributed by atoms with Crippen LogP contribution in [0.25, 0.3) is 5.57 Å². The molecular weight excluding hydrogens is 598 g/mol. The number of nitrogens with zero attached hydrogens (tertiary/aromatic N) is 2. The first kappa shape index (κ1) is 32.6. The number of aliphatic carboxylic acids is 1. The number of aromatic amines is 1. The average Bonchev–Trinajstić information content (AvgIpc) is 3.64. The molecule has 48 heavy (non-hydrogen) atoms. The number of nitrogens with two attached hydrogens (primary N) is 1. The van der Waals surface area contributed by atoms with E-state index in [0.717, 1.165) is 108 Å². The van der Waals surface area contributed by atoms with Crippen LogP contribution in [0.4, 0.5) is 5.82 Å². The molecule has 3 saturated carbocycles. The van der Waals surface area contributed by atoms with E-state index in [4.69, 9.17) is 15.2 Å². The summed E-state index contributed by atoms with van der Waals surface area (Å²) < 4.78 is 6.42. The van der Waals surface area contributed by atoms with Gasteiger partial charge in [-0.15, -0.1) is 0 Å². The number of aromatic nitrogens is 2. The zero-order valence-electron chi connectivity index (χ0n) is 30.5. The summed E-state index contributed by atoms with van der Waals surface area (Å²) in [6.07, 6.45) is 10.6. The van der Waals surface area contributed by atoms with Gasteiger partial charge in [0.05, 0.1) is 23.9 Å². The van der Waals surface area contributed by atoms with Gasteiger partial charge in [-0.25, -0.2) is 0 Å². The number of anilines is 1. The van der Waals surface area contributed by atoms with Crippen LogP contribution in [-0.4, -0.2) is 52.4 Å². The lowest BCUT2D eigenvalue weighted by atomic mass is 9.33. The summed E-state index contributed by atoms with van der Waals surface area (Å²) in [5.74, 6) is 2.08. The number of furan rings is 1. The highest BCUT2D eigenvalue weighted by molar-refractivity contribution is 5.80. The highest BCUT2D eigenvalue weighted by Crippen LogP contribution is 2.77. The number of carbonyl (C=O) groups is 1. The van der Waals surface area contributed by atoms with Gasteiger partial charge in [0.15, 0.2) is 0 Å². The molecule has 0 spiro atoms. The number of hydrogen-bond acceptors (Lipinski definition) is 6. The van der Waals surface area contributed by atoms with Crippen molar-refractivity contribution in [2.75, 3.05) is 31.9 Å².